The highest BCUT2D eigenvalue weighted by molar-refractivity contribution is 7.89. The first-order valence-corrected chi connectivity index (χ1v) is 12.0. The van der Waals surface area contributed by atoms with Crippen LogP contribution in [0.25, 0.3) is 0 Å². The van der Waals surface area contributed by atoms with E-state index in [-0.39, 0.29) is 29.6 Å². The summed E-state index contributed by atoms with van der Waals surface area (Å²) in [6.45, 7) is 3.00. The third-order valence-corrected chi connectivity index (χ3v) is 7.45. The molecular formula is C22H28FN3O3S. The number of halogens is 1. The Morgan fingerprint density at radius 3 is 2.60 bits per heavy atom. The summed E-state index contributed by atoms with van der Waals surface area (Å²) < 4.78 is 46.9. The Balaban J connectivity index is 1.58. The van der Waals surface area contributed by atoms with Crippen molar-refractivity contribution in [1.29, 1.82) is 0 Å². The molecule has 8 heteroatoms. The van der Waals surface area contributed by atoms with Gasteiger partial charge in [0.2, 0.25) is 10.0 Å². The van der Waals surface area contributed by atoms with E-state index in [1.165, 1.54) is 11.6 Å². The van der Waals surface area contributed by atoms with Gasteiger partial charge in [-0.2, -0.15) is 0 Å². The Morgan fingerprint density at radius 1 is 1.20 bits per heavy atom. The Bertz CT molecular complexity index is 994. The molecule has 2 heterocycles. The molecule has 4 rings (SSSR count). The second-order valence-corrected chi connectivity index (χ2v) is 10.0. The molecule has 162 valence electrons. The van der Waals surface area contributed by atoms with E-state index in [1.54, 1.807) is 6.92 Å². The molecule has 2 atom stereocenters. The quantitative estimate of drug-likeness (QED) is 0.701. The highest BCUT2D eigenvalue weighted by Gasteiger charge is 2.35. The topological polar surface area (TPSA) is 70.7 Å². The van der Waals surface area contributed by atoms with E-state index < -0.39 is 10.0 Å². The van der Waals surface area contributed by atoms with Crippen molar-refractivity contribution >= 4 is 15.7 Å². The van der Waals surface area contributed by atoms with E-state index >= 15 is 0 Å². The van der Waals surface area contributed by atoms with E-state index in [1.807, 2.05) is 36.2 Å². The zero-order valence-electron chi connectivity index (χ0n) is 17.3. The van der Waals surface area contributed by atoms with Crippen LogP contribution in [0, 0.1) is 5.82 Å². The lowest BCUT2D eigenvalue weighted by Gasteiger charge is -2.42. The lowest BCUT2D eigenvalue weighted by Crippen LogP contribution is -2.59. The maximum absolute atomic E-state index is 14.8. The Hall–Kier alpha value is -2.16. The van der Waals surface area contributed by atoms with E-state index in [0.717, 1.165) is 12.0 Å². The fourth-order valence-corrected chi connectivity index (χ4v) is 5.04. The molecule has 0 bridgehead atoms. The van der Waals surface area contributed by atoms with E-state index in [2.05, 4.69) is 22.2 Å². The number of ether oxygens (including phenoxy) is 1. The highest BCUT2D eigenvalue weighted by atomic mass is 32.2. The molecule has 2 aliphatic heterocycles. The molecule has 1 fully saturated rings. The van der Waals surface area contributed by atoms with Crippen molar-refractivity contribution in [3.8, 4) is 5.75 Å². The van der Waals surface area contributed by atoms with Gasteiger partial charge in [0.05, 0.1) is 17.5 Å². The van der Waals surface area contributed by atoms with Gasteiger partial charge in [-0.1, -0.05) is 30.3 Å². The number of anilines is 1. The SMILES string of the molecule is CCS(=O)(=O)NC1CN(c2cc3c(cc2F)OC[C@@H](NC)[C@@H]3Cc2ccccc2)C1. The van der Waals surface area contributed by atoms with Crippen molar-refractivity contribution in [2.45, 2.75) is 31.3 Å². The van der Waals surface area contributed by atoms with E-state index in [4.69, 9.17) is 4.74 Å². The normalized spacial score (nSPS) is 21.6. The van der Waals surface area contributed by atoms with Gasteiger partial charge in [0.15, 0.2) is 0 Å². The summed E-state index contributed by atoms with van der Waals surface area (Å²) in [6.07, 6.45) is 0.826. The average molecular weight is 434 g/mol. The van der Waals surface area contributed by atoms with Crippen LogP contribution >= 0.6 is 0 Å². The van der Waals surface area contributed by atoms with Crippen molar-refractivity contribution in [2.24, 2.45) is 0 Å². The molecule has 0 spiro atoms. The lowest BCUT2D eigenvalue weighted by atomic mass is 9.83. The first-order chi connectivity index (χ1) is 14.4. The zero-order chi connectivity index (χ0) is 21.3. The van der Waals surface area contributed by atoms with Crippen LogP contribution in [0.3, 0.4) is 0 Å². The minimum atomic E-state index is -3.26. The van der Waals surface area contributed by atoms with Crippen LogP contribution in [0.5, 0.6) is 5.75 Å². The van der Waals surface area contributed by atoms with Gasteiger partial charge in [0, 0.05) is 36.7 Å². The minimum absolute atomic E-state index is 0.0423. The van der Waals surface area contributed by atoms with Crippen LogP contribution in [0.2, 0.25) is 0 Å². The third-order valence-electron chi connectivity index (χ3n) is 6.00. The molecule has 2 aliphatic rings. The average Bonchev–Trinajstić information content (AvgIpc) is 2.71. The summed E-state index contributed by atoms with van der Waals surface area (Å²) in [7, 11) is -1.34. The second kappa shape index (κ2) is 8.53. The van der Waals surface area contributed by atoms with Gasteiger partial charge in [-0.15, -0.1) is 0 Å². The summed E-state index contributed by atoms with van der Waals surface area (Å²) in [5.41, 5.74) is 2.71. The van der Waals surface area contributed by atoms with Gasteiger partial charge in [-0.3, -0.25) is 0 Å². The van der Waals surface area contributed by atoms with Crippen molar-refractivity contribution in [3.05, 3.63) is 59.4 Å². The molecule has 0 saturated carbocycles. The van der Waals surface area contributed by atoms with Crippen molar-refractivity contribution in [1.82, 2.24) is 10.0 Å². The molecule has 0 unspecified atom stereocenters. The number of rotatable bonds is 7. The van der Waals surface area contributed by atoms with Crippen molar-refractivity contribution in [3.63, 3.8) is 0 Å². The Labute approximate surface area is 177 Å². The molecule has 2 N–H and O–H groups in total. The molecule has 0 aromatic heterocycles. The summed E-state index contributed by atoms with van der Waals surface area (Å²) in [5, 5.41) is 3.34. The monoisotopic (exact) mass is 433 g/mol. The Kier molecular flexibility index (Phi) is 5.99. The number of likely N-dealkylation sites (N-methyl/N-ethyl adjacent to an activating group) is 1. The number of nitrogens with one attached hydrogen (secondary N) is 2. The first kappa shape index (κ1) is 21.1. The number of hydrogen-bond donors (Lipinski definition) is 2. The van der Waals surface area contributed by atoms with Gasteiger partial charge in [-0.05, 0) is 32.0 Å². The third kappa shape index (κ3) is 4.31. The van der Waals surface area contributed by atoms with Gasteiger partial charge < -0.3 is 15.0 Å². The fraction of sp³-hybridized carbons (Fsp3) is 0.455. The summed E-state index contributed by atoms with van der Waals surface area (Å²) in [6, 6.07) is 13.5. The van der Waals surface area contributed by atoms with Gasteiger partial charge >= 0.3 is 0 Å². The van der Waals surface area contributed by atoms with Crippen LogP contribution in [0.1, 0.15) is 24.0 Å². The predicted octanol–water partition coefficient (Wildman–Crippen LogP) is 2.26. The maximum Gasteiger partial charge on any atom is 0.211 e. The van der Waals surface area contributed by atoms with Gasteiger partial charge in [0.25, 0.3) is 0 Å². The molecule has 0 radical (unpaired) electrons. The molecule has 2 aromatic rings. The van der Waals surface area contributed by atoms with Crippen LogP contribution in [-0.2, 0) is 16.4 Å². The predicted molar refractivity (Wildman–Crippen MR) is 116 cm³/mol. The van der Waals surface area contributed by atoms with Crippen molar-refractivity contribution in [2.75, 3.05) is 37.4 Å². The maximum atomic E-state index is 14.8. The zero-order valence-corrected chi connectivity index (χ0v) is 18.1. The lowest BCUT2D eigenvalue weighted by molar-refractivity contribution is 0.218. The molecule has 2 aromatic carbocycles. The number of fused-ring (bicyclic) bond motifs is 1. The standard InChI is InChI=1S/C22H28FN3O3S/c1-3-30(27,28)25-16-12-26(13-16)21-10-18-17(9-15-7-5-4-6-8-15)20(24-2)14-29-22(18)11-19(21)23/h4-8,10-11,16-17,20,24-25H,3,9,12-14H2,1-2H3/t17-,20-/m1/s1. The fourth-order valence-electron chi connectivity index (χ4n) is 4.22. The minimum Gasteiger partial charge on any atom is -0.492 e. The summed E-state index contributed by atoms with van der Waals surface area (Å²) in [5.74, 6) is 0.441. The highest BCUT2D eigenvalue weighted by Crippen LogP contribution is 2.40. The molecule has 1 saturated heterocycles. The molecular weight excluding hydrogens is 405 g/mol. The molecule has 0 amide bonds. The van der Waals surface area contributed by atoms with Gasteiger partial charge in [0.1, 0.15) is 18.2 Å². The number of nitrogens with zero attached hydrogens (tertiary/aromatic N) is 1. The molecule has 0 aliphatic carbocycles. The molecule has 30 heavy (non-hydrogen) atoms. The summed E-state index contributed by atoms with van der Waals surface area (Å²) in [4.78, 5) is 1.88. The smallest absolute Gasteiger partial charge is 0.211 e. The van der Waals surface area contributed by atoms with E-state index in [9.17, 15) is 12.8 Å². The van der Waals surface area contributed by atoms with Crippen LogP contribution < -0.4 is 19.7 Å². The van der Waals surface area contributed by atoms with E-state index in [0.29, 0.717) is 31.1 Å². The van der Waals surface area contributed by atoms with Crippen LogP contribution in [0.4, 0.5) is 10.1 Å². The Morgan fingerprint density at radius 2 is 1.93 bits per heavy atom. The molecule has 6 nitrogen and oxygen atoms in total. The second-order valence-electron chi connectivity index (χ2n) is 7.97. The largest absolute Gasteiger partial charge is 0.492 e. The number of hydrogen-bond acceptors (Lipinski definition) is 5. The number of benzene rings is 2. The first-order valence-electron chi connectivity index (χ1n) is 10.3. The van der Waals surface area contributed by atoms with Gasteiger partial charge in [-0.25, -0.2) is 17.5 Å². The van der Waals surface area contributed by atoms with Crippen LogP contribution in [-0.4, -0.2) is 53.0 Å². The van der Waals surface area contributed by atoms with Crippen LogP contribution in [0.15, 0.2) is 42.5 Å². The number of sulfonamides is 1. The summed E-state index contributed by atoms with van der Waals surface area (Å²) >= 11 is 0. The van der Waals surface area contributed by atoms with Crippen molar-refractivity contribution < 1.29 is 17.5 Å².